The van der Waals surface area contributed by atoms with Crippen LogP contribution in [0.4, 0.5) is 0 Å². The van der Waals surface area contributed by atoms with Crippen molar-refractivity contribution in [1.29, 1.82) is 0 Å². The Balaban J connectivity index is 2.15. The van der Waals surface area contributed by atoms with Gasteiger partial charge in [0.1, 0.15) is 5.75 Å². The summed E-state index contributed by atoms with van der Waals surface area (Å²) in [4.78, 5) is 17.7. The summed E-state index contributed by atoms with van der Waals surface area (Å²) in [7, 11) is 1.65. The normalized spacial score (nSPS) is 11.9. The zero-order chi connectivity index (χ0) is 17.1. The van der Waals surface area contributed by atoms with Crippen LogP contribution in [0.2, 0.25) is 0 Å². The van der Waals surface area contributed by atoms with Gasteiger partial charge >= 0.3 is 0 Å². The van der Waals surface area contributed by atoms with Gasteiger partial charge in [-0.2, -0.15) is 4.99 Å². The van der Waals surface area contributed by atoms with E-state index in [4.69, 9.17) is 4.74 Å². The van der Waals surface area contributed by atoms with Gasteiger partial charge < -0.3 is 9.30 Å². The van der Waals surface area contributed by atoms with Crippen LogP contribution in [0, 0.1) is 3.57 Å². The minimum Gasteiger partial charge on any atom is -0.497 e. The van der Waals surface area contributed by atoms with Crippen LogP contribution < -0.4 is 9.54 Å². The lowest BCUT2D eigenvalue weighted by atomic mass is 10.2. The van der Waals surface area contributed by atoms with Crippen LogP contribution in [0.3, 0.4) is 0 Å². The zero-order valence-electron chi connectivity index (χ0n) is 13.5. The van der Waals surface area contributed by atoms with E-state index in [-0.39, 0.29) is 5.91 Å². The first-order valence-corrected chi connectivity index (χ1v) is 9.54. The van der Waals surface area contributed by atoms with Gasteiger partial charge in [-0.15, -0.1) is 0 Å². The average molecular weight is 452 g/mol. The van der Waals surface area contributed by atoms with Crippen LogP contribution in [0.15, 0.2) is 47.5 Å². The van der Waals surface area contributed by atoms with Crippen molar-refractivity contribution in [2.24, 2.45) is 4.99 Å². The lowest BCUT2D eigenvalue weighted by Gasteiger charge is -2.04. The van der Waals surface area contributed by atoms with Crippen LogP contribution in [0.25, 0.3) is 10.2 Å². The third kappa shape index (κ3) is 3.39. The molecule has 0 atom stereocenters. The number of hydrogen-bond acceptors (Lipinski definition) is 3. The van der Waals surface area contributed by atoms with Crippen LogP contribution in [0.5, 0.6) is 5.75 Å². The summed E-state index contributed by atoms with van der Waals surface area (Å²) in [6.07, 6.45) is 0.974. The van der Waals surface area contributed by atoms with E-state index in [0.29, 0.717) is 5.56 Å². The van der Waals surface area contributed by atoms with Gasteiger partial charge in [0.15, 0.2) is 4.80 Å². The summed E-state index contributed by atoms with van der Waals surface area (Å²) in [6.45, 7) is 2.94. The van der Waals surface area contributed by atoms with E-state index in [0.717, 1.165) is 37.3 Å². The molecular formula is C18H17IN2O2S. The average Bonchev–Trinajstić information content (AvgIpc) is 2.92. The fourth-order valence-electron chi connectivity index (χ4n) is 2.49. The molecule has 0 unspecified atom stereocenters. The maximum absolute atomic E-state index is 12.6. The number of halogens is 1. The molecule has 24 heavy (non-hydrogen) atoms. The Morgan fingerprint density at radius 2 is 2.08 bits per heavy atom. The molecule has 0 saturated carbocycles. The van der Waals surface area contributed by atoms with Crippen molar-refractivity contribution >= 4 is 50.1 Å². The van der Waals surface area contributed by atoms with Crippen LogP contribution in [-0.4, -0.2) is 17.6 Å². The van der Waals surface area contributed by atoms with Gasteiger partial charge in [0, 0.05) is 10.1 Å². The summed E-state index contributed by atoms with van der Waals surface area (Å²) in [5, 5.41) is 0. The molecular weight excluding hydrogens is 435 g/mol. The molecule has 0 radical (unpaired) electrons. The van der Waals surface area contributed by atoms with Gasteiger partial charge in [0.2, 0.25) is 0 Å². The third-order valence-electron chi connectivity index (χ3n) is 3.64. The van der Waals surface area contributed by atoms with Gasteiger partial charge in [-0.1, -0.05) is 30.4 Å². The second-order valence-corrected chi connectivity index (χ2v) is 7.44. The van der Waals surface area contributed by atoms with E-state index >= 15 is 0 Å². The molecule has 6 heteroatoms. The number of hydrogen-bond donors (Lipinski definition) is 0. The minimum absolute atomic E-state index is 0.205. The highest BCUT2D eigenvalue weighted by Crippen LogP contribution is 2.23. The molecule has 0 bridgehead atoms. The Morgan fingerprint density at radius 1 is 1.29 bits per heavy atom. The molecule has 3 rings (SSSR count). The minimum atomic E-state index is -0.205. The molecule has 0 fully saturated rings. The number of methoxy groups -OCH3 is 1. The van der Waals surface area contributed by atoms with E-state index in [1.54, 1.807) is 7.11 Å². The molecule has 0 saturated heterocycles. The number of carbonyl (C=O) groups is 1. The van der Waals surface area contributed by atoms with Crippen LogP contribution in [0.1, 0.15) is 23.7 Å². The van der Waals surface area contributed by atoms with Crippen LogP contribution in [-0.2, 0) is 6.54 Å². The highest BCUT2D eigenvalue weighted by atomic mass is 127. The number of rotatable bonds is 4. The molecule has 1 aromatic heterocycles. The van der Waals surface area contributed by atoms with Crippen molar-refractivity contribution in [1.82, 2.24) is 4.57 Å². The molecule has 2 aromatic carbocycles. The van der Waals surface area contributed by atoms with Gasteiger partial charge in [0.25, 0.3) is 5.91 Å². The topological polar surface area (TPSA) is 43.6 Å². The Labute approximate surface area is 157 Å². The fraction of sp³-hybridized carbons (Fsp3) is 0.222. The molecule has 0 spiro atoms. The van der Waals surface area contributed by atoms with Crippen molar-refractivity contribution in [3.63, 3.8) is 0 Å². The first kappa shape index (κ1) is 17.2. The number of aryl methyl sites for hydroxylation is 1. The van der Waals surface area contributed by atoms with E-state index in [1.807, 2.05) is 42.5 Å². The summed E-state index contributed by atoms with van der Waals surface area (Å²) >= 11 is 3.68. The fourth-order valence-corrected chi connectivity index (χ4v) is 4.19. The largest absolute Gasteiger partial charge is 0.497 e. The van der Waals surface area contributed by atoms with Crippen LogP contribution >= 0.6 is 33.9 Å². The standard InChI is InChI=1S/C18H17IN2O2S/c1-3-10-21-15-9-8-12(23-2)11-16(15)24-18(21)20-17(22)13-6-4-5-7-14(13)19/h4-9,11H,3,10H2,1-2H3. The van der Waals surface area contributed by atoms with Crippen molar-refractivity contribution in [3.05, 3.63) is 56.4 Å². The van der Waals surface area contributed by atoms with Crippen molar-refractivity contribution < 1.29 is 9.53 Å². The Kier molecular flexibility index (Phi) is 5.35. The Morgan fingerprint density at radius 3 is 2.79 bits per heavy atom. The molecule has 0 aliphatic carbocycles. The number of carbonyl (C=O) groups excluding carboxylic acids is 1. The number of fused-ring (bicyclic) bond motifs is 1. The molecule has 124 valence electrons. The number of nitrogens with zero attached hydrogens (tertiary/aromatic N) is 2. The van der Waals surface area contributed by atoms with E-state index in [1.165, 1.54) is 11.3 Å². The Hall–Kier alpha value is -1.67. The maximum atomic E-state index is 12.6. The van der Waals surface area contributed by atoms with Crippen molar-refractivity contribution in [3.8, 4) is 5.75 Å². The first-order chi connectivity index (χ1) is 11.6. The van der Waals surface area contributed by atoms with Crippen molar-refractivity contribution in [2.45, 2.75) is 19.9 Å². The summed E-state index contributed by atoms with van der Waals surface area (Å²) in [5.74, 6) is 0.603. The highest BCUT2D eigenvalue weighted by Gasteiger charge is 2.11. The predicted molar refractivity (Wildman–Crippen MR) is 106 cm³/mol. The summed E-state index contributed by atoms with van der Waals surface area (Å²) < 4.78 is 9.38. The van der Waals surface area contributed by atoms with E-state index < -0.39 is 0 Å². The van der Waals surface area contributed by atoms with Gasteiger partial charge in [-0.3, -0.25) is 4.79 Å². The SMILES string of the molecule is CCCn1c(=NC(=O)c2ccccc2I)sc2cc(OC)ccc21. The molecule has 0 aliphatic heterocycles. The molecule has 0 N–H and O–H groups in total. The van der Waals surface area contributed by atoms with Gasteiger partial charge in [-0.05, 0) is 59.3 Å². The van der Waals surface area contributed by atoms with E-state index in [9.17, 15) is 4.79 Å². The zero-order valence-corrected chi connectivity index (χ0v) is 16.4. The molecule has 0 aliphatic rings. The summed E-state index contributed by atoms with van der Waals surface area (Å²) in [5.41, 5.74) is 1.72. The van der Waals surface area contributed by atoms with Crippen molar-refractivity contribution in [2.75, 3.05) is 7.11 Å². The second kappa shape index (κ2) is 7.48. The maximum Gasteiger partial charge on any atom is 0.280 e. The second-order valence-electron chi connectivity index (χ2n) is 5.27. The Bertz CT molecular complexity index is 959. The highest BCUT2D eigenvalue weighted by molar-refractivity contribution is 14.1. The van der Waals surface area contributed by atoms with E-state index in [2.05, 4.69) is 39.1 Å². The smallest absolute Gasteiger partial charge is 0.280 e. The third-order valence-corrected chi connectivity index (χ3v) is 5.62. The molecule has 1 amide bonds. The lowest BCUT2D eigenvalue weighted by Crippen LogP contribution is -2.17. The molecule has 3 aromatic rings. The monoisotopic (exact) mass is 452 g/mol. The number of aromatic nitrogens is 1. The van der Waals surface area contributed by atoms with Gasteiger partial charge in [-0.25, -0.2) is 0 Å². The molecule has 4 nitrogen and oxygen atoms in total. The number of ether oxygens (including phenoxy) is 1. The number of benzene rings is 2. The lowest BCUT2D eigenvalue weighted by molar-refractivity contribution is 0.0997. The summed E-state index contributed by atoms with van der Waals surface area (Å²) in [6, 6.07) is 13.5. The predicted octanol–water partition coefficient (Wildman–Crippen LogP) is 4.47. The number of thiazole rings is 1. The number of amides is 1. The molecule has 1 heterocycles. The quantitative estimate of drug-likeness (QED) is 0.549. The van der Waals surface area contributed by atoms with Gasteiger partial charge in [0.05, 0.1) is 22.9 Å². The first-order valence-electron chi connectivity index (χ1n) is 7.65.